The molecule has 0 aromatic heterocycles. The van der Waals surface area contributed by atoms with Crippen LogP contribution < -0.4 is 0 Å². The molecular formula is C30H27F2NO3. The van der Waals surface area contributed by atoms with E-state index in [1.165, 1.54) is 28.3 Å². The summed E-state index contributed by atoms with van der Waals surface area (Å²) in [5.41, 5.74) is 5.21. The zero-order valence-electron chi connectivity index (χ0n) is 19.8. The van der Waals surface area contributed by atoms with Crippen molar-refractivity contribution in [3.8, 4) is 11.1 Å². The SMILES string of the molecule is O=C(Cc1ccc(F)c(F)c1)C1CC2CCC(C1)N2C(=O)OCC1c2ccccc2-c2ccccc21. The highest BCUT2D eigenvalue weighted by Gasteiger charge is 2.46. The van der Waals surface area contributed by atoms with Gasteiger partial charge in [-0.05, 0) is 65.6 Å². The van der Waals surface area contributed by atoms with Crippen LogP contribution in [0.4, 0.5) is 13.6 Å². The molecule has 6 heteroatoms. The molecule has 4 nitrogen and oxygen atoms in total. The van der Waals surface area contributed by atoms with Crippen LogP contribution in [0.3, 0.4) is 0 Å². The molecule has 2 unspecified atom stereocenters. The number of fused-ring (bicyclic) bond motifs is 5. The topological polar surface area (TPSA) is 46.6 Å². The average Bonchev–Trinajstić information content (AvgIpc) is 3.35. The number of halogens is 2. The van der Waals surface area contributed by atoms with Crippen LogP contribution in [0.15, 0.2) is 66.7 Å². The van der Waals surface area contributed by atoms with Gasteiger partial charge in [0.2, 0.25) is 0 Å². The summed E-state index contributed by atoms with van der Waals surface area (Å²) in [5, 5.41) is 0. The zero-order chi connectivity index (χ0) is 24.8. The molecule has 2 bridgehead atoms. The minimum absolute atomic E-state index is 0.00854. The Morgan fingerprint density at radius 3 is 2.06 bits per heavy atom. The number of carbonyl (C=O) groups excluding carboxylic acids is 2. The first kappa shape index (κ1) is 22.9. The molecule has 2 heterocycles. The van der Waals surface area contributed by atoms with Gasteiger partial charge < -0.3 is 9.64 Å². The van der Waals surface area contributed by atoms with Crippen molar-refractivity contribution in [2.24, 2.45) is 5.92 Å². The molecule has 184 valence electrons. The molecule has 0 N–H and O–H groups in total. The fraction of sp³-hybridized carbons (Fsp3) is 0.333. The third kappa shape index (κ3) is 3.98. The monoisotopic (exact) mass is 487 g/mol. The molecule has 3 aliphatic rings. The Morgan fingerprint density at radius 1 is 0.833 bits per heavy atom. The van der Waals surface area contributed by atoms with Gasteiger partial charge in [-0.3, -0.25) is 4.79 Å². The van der Waals surface area contributed by atoms with Crippen molar-refractivity contribution in [2.45, 2.75) is 50.1 Å². The van der Waals surface area contributed by atoms with Crippen molar-refractivity contribution < 1.29 is 23.1 Å². The summed E-state index contributed by atoms with van der Waals surface area (Å²) in [6, 6.07) is 20.0. The van der Waals surface area contributed by atoms with Crippen molar-refractivity contribution >= 4 is 11.9 Å². The van der Waals surface area contributed by atoms with Gasteiger partial charge in [0.15, 0.2) is 11.6 Å². The van der Waals surface area contributed by atoms with E-state index in [2.05, 4.69) is 24.3 Å². The number of benzene rings is 3. The van der Waals surface area contributed by atoms with E-state index >= 15 is 0 Å². The Balaban J connectivity index is 1.11. The minimum atomic E-state index is -0.939. The first-order valence-electron chi connectivity index (χ1n) is 12.6. The van der Waals surface area contributed by atoms with E-state index in [0.29, 0.717) is 18.4 Å². The smallest absolute Gasteiger partial charge is 0.410 e. The lowest BCUT2D eigenvalue weighted by molar-refractivity contribution is -0.124. The average molecular weight is 488 g/mol. The maximum atomic E-state index is 13.6. The van der Waals surface area contributed by atoms with Crippen LogP contribution in [0.5, 0.6) is 0 Å². The van der Waals surface area contributed by atoms with E-state index in [-0.39, 0.29) is 48.8 Å². The van der Waals surface area contributed by atoms with Crippen LogP contribution >= 0.6 is 0 Å². The number of rotatable bonds is 5. The van der Waals surface area contributed by atoms with Gasteiger partial charge in [-0.2, -0.15) is 0 Å². The van der Waals surface area contributed by atoms with Crippen molar-refractivity contribution in [3.63, 3.8) is 0 Å². The van der Waals surface area contributed by atoms with E-state index in [0.717, 1.165) is 25.0 Å². The molecule has 2 aliphatic heterocycles. The second-order valence-corrected chi connectivity index (χ2v) is 10.2. The molecule has 0 saturated carbocycles. The number of carbonyl (C=O) groups is 2. The first-order chi connectivity index (χ1) is 17.5. The largest absolute Gasteiger partial charge is 0.448 e. The Kier molecular flexibility index (Phi) is 5.82. The van der Waals surface area contributed by atoms with E-state index < -0.39 is 11.6 Å². The lowest BCUT2D eigenvalue weighted by Crippen LogP contribution is -2.48. The molecule has 6 rings (SSSR count). The molecule has 0 spiro atoms. The maximum absolute atomic E-state index is 13.6. The van der Waals surface area contributed by atoms with Crippen molar-refractivity contribution in [3.05, 3.63) is 95.1 Å². The molecule has 1 amide bonds. The Labute approximate surface area is 208 Å². The molecule has 3 aromatic carbocycles. The van der Waals surface area contributed by atoms with Gasteiger partial charge in [0, 0.05) is 30.3 Å². The van der Waals surface area contributed by atoms with Crippen molar-refractivity contribution in [1.82, 2.24) is 4.90 Å². The van der Waals surface area contributed by atoms with E-state index in [1.54, 1.807) is 0 Å². The van der Waals surface area contributed by atoms with Crippen molar-refractivity contribution in [1.29, 1.82) is 0 Å². The van der Waals surface area contributed by atoms with Gasteiger partial charge in [0.1, 0.15) is 12.4 Å². The molecule has 2 atom stereocenters. The predicted molar refractivity (Wildman–Crippen MR) is 132 cm³/mol. The quantitative estimate of drug-likeness (QED) is 0.426. The van der Waals surface area contributed by atoms with Gasteiger partial charge in [0.25, 0.3) is 0 Å². The standard InChI is InChI=1S/C30H27F2NO3/c31-27-12-9-18(13-28(27)32)14-29(34)19-15-20-10-11-21(16-19)33(20)30(35)36-17-26-24-7-3-1-5-22(24)23-6-2-4-8-25(23)26/h1-9,12-13,19-21,26H,10-11,14-17H2. The fourth-order valence-electron chi connectivity index (χ4n) is 6.40. The van der Waals surface area contributed by atoms with E-state index in [1.807, 2.05) is 29.2 Å². The van der Waals surface area contributed by atoms with Gasteiger partial charge in [-0.1, -0.05) is 54.6 Å². The number of hydrogen-bond acceptors (Lipinski definition) is 3. The lowest BCUT2D eigenvalue weighted by Gasteiger charge is -2.37. The van der Waals surface area contributed by atoms with Crippen LogP contribution in [0.1, 0.15) is 48.3 Å². The first-order valence-corrected chi connectivity index (χ1v) is 12.6. The van der Waals surface area contributed by atoms with Crippen LogP contribution in [-0.4, -0.2) is 35.5 Å². The number of ether oxygens (including phenoxy) is 1. The van der Waals surface area contributed by atoms with Gasteiger partial charge >= 0.3 is 6.09 Å². The summed E-state index contributed by atoms with van der Waals surface area (Å²) >= 11 is 0. The van der Waals surface area contributed by atoms with E-state index in [4.69, 9.17) is 4.74 Å². The van der Waals surface area contributed by atoms with Crippen LogP contribution in [0, 0.1) is 17.6 Å². The summed E-state index contributed by atoms with van der Waals surface area (Å²) in [4.78, 5) is 28.0. The summed E-state index contributed by atoms with van der Waals surface area (Å²) in [6.45, 7) is 0.279. The zero-order valence-corrected chi connectivity index (χ0v) is 19.8. The third-order valence-electron chi connectivity index (χ3n) is 8.10. The van der Waals surface area contributed by atoms with Gasteiger partial charge in [0.05, 0.1) is 0 Å². The van der Waals surface area contributed by atoms with Gasteiger partial charge in [-0.25, -0.2) is 13.6 Å². The highest BCUT2D eigenvalue weighted by Crippen LogP contribution is 2.45. The Morgan fingerprint density at radius 2 is 1.44 bits per heavy atom. The Hall–Kier alpha value is -3.54. The molecule has 0 radical (unpaired) electrons. The van der Waals surface area contributed by atoms with Crippen molar-refractivity contribution in [2.75, 3.05) is 6.61 Å². The molecule has 36 heavy (non-hydrogen) atoms. The second-order valence-electron chi connectivity index (χ2n) is 10.2. The second kappa shape index (κ2) is 9.16. The van der Waals surface area contributed by atoms with Gasteiger partial charge in [-0.15, -0.1) is 0 Å². The summed E-state index contributed by atoms with van der Waals surface area (Å²) in [7, 11) is 0. The molecule has 2 saturated heterocycles. The normalized spacial score (nSPS) is 22.3. The number of Topliss-reactive ketones (excluding diaryl/α,β-unsaturated/α-hetero) is 1. The maximum Gasteiger partial charge on any atom is 0.410 e. The number of amides is 1. The summed E-state index contributed by atoms with van der Waals surface area (Å²) in [5.74, 6) is -2.02. The van der Waals surface area contributed by atoms with Crippen LogP contribution in [0.2, 0.25) is 0 Å². The summed E-state index contributed by atoms with van der Waals surface area (Å²) < 4.78 is 32.7. The number of hydrogen-bond donors (Lipinski definition) is 0. The van der Waals surface area contributed by atoms with Crippen LogP contribution in [-0.2, 0) is 16.0 Å². The number of piperidine rings is 1. The number of nitrogens with zero attached hydrogens (tertiary/aromatic N) is 1. The fourth-order valence-corrected chi connectivity index (χ4v) is 6.40. The molecular weight excluding hydrogens is 460 g/mol. The lowest BCUT2D eigenvalue weighted by atomic mass is 9.85. The van der Waals surface area contributed by atoms with E-state index in [9.17, 15) is 18.4 Å². The Bertz CT molecular complexity index is 1280. The highest BCUT2D eigenvalue weighted by atomic mass is 19.2. The van der Waals surface area contributed by atoms with Crippen LogP contribution in [0.25, 0.3) is 11.1 Å². The number of ketones is 1. The molecule has 2 fully saturated rings. The third-order valence-corrected chi connectivity index (χ3v) is 8.10. The molecule has 3 aromatic rings. The minimum Gasteiger partial charge on any atom is -0.448 e. The summed E-state index contributed by atoms with van der Waals surface area (Å²) in [6.07, 6.45) is 2.64. The predicted octanol–water partition coefficient (Wildman–Crippen LogP) is 6.27. The highest BCUT2D eigenvalue weighted by molar-refractivity contribution is 5.84. The molecule has 1 aliphatic carbocycles.